The summed E-state index contributed by atoms with van der Waals surface area (Å²) < 4.78 is 1.32. The SMILES string of the molecule is CC1(C)[C@@H]2CC=C(C[N+]3(C)CCCCC3)[C@H]1C2. The average molecular weight is 234 g/mol. The summed E-state index contributed by atoms with van der Waals surface area (Å²) in [5.41, 5.74) is 2.42. The van der Waals surface area contributed by atoms with Crippen LogP contribution >= 0.6 is 0 Å². The quantitative estimate of drug-likeness (QED) is 0.506. The predicted octanol–water partition coefficient (Wildman–Crippen LogP) is 3.61. The fraction of sp³-hybridized carbons (Fsp3) is 0.875. The molecule has 2 atom stereocenters. The second kappa shape index (κ2) is 3.85. The molecule has 0 radical (unpaired) electrons. The first kappa shape index (κ1) is 11.8. The molecular weight excluding hydrogens is 206 g/mol. The van der Waals surface area contributed by atoms with Crippen LogP contribution < -0.4 is 0 Å². The average Bonchev–Trinajstić information content (AvgIpc) is 2.29. The molecule has 1 heteroatoms. The van der Waals surface area contributed by atoms with Gasteiger partial charge in [-0.25, -0.2) is 0 Å². The van der Waals surface area contributed by atoms with Gasteiger partial charge in [0.2, 0.25) is 0 Å². The molecule has 0 aromatic carbocycles. The van der Waals surface area contributed by atoms with E-state index in [0.29, 0.717) is 5.41 Å². The Labute approximate surface area is 106 Å². The monoisotopic (exact) mass is 234 g/mol. The Morgan fingerprint density at radius 1 is 1.24 bits per heavy atom. The molecule has 2 fully saturated rings. The molecular formula is C16H28N+. The van der Waals surface area contributed by atoms with Crippen LogP contribution in [0.5, 0.6) is 0 Å². The second-order valence-electron chi connectivity index (χ2n) is 7.61. The summed E-state index contributed by atoms with van der Waals surface area (Å²) in [6, 6.07) is 0. The van der Waals surface area contributed by atoms with Gasteiger partial charge in [-0.15, -0.1) is 0 Å². The number of likely N-dealkylation sites (tertiary alicyclic amines) is 1. The number of hydrogen-bond acceptors (Lipinski definition) is 0. The maximum absolute atomic E-state index is 2.60. The van der Waals surface area contributed by atoms with E-state index in [2.05, 4.69) is 27.0 Å². The predicted molar refractivity (Wildman–Crippen MR) is 72.7 cm³/mol. The largest absolute Gasteiger partial charge is 0.323 e. The summed E-state index contributed by atoms with van der Waals surface area (Å²) in [6.07, 6.45) is 9.80. The molecule has 17 heavy (non-hydrogen) atoms. The highest BCUT2D eigenvalue weighted by Crippen LogP contribution is 2.59. The van der Waals surface area contributed by atoms with Crippen LogP contribution in [0.15, 0.2) is 11.6 Å². The first-order chi connectivity index (χ1) is 8.01. The standard InChI is InChI=1S/C16H28N/c1-16(2)14-8-7-13(15(16)11-14)12-17(3)9-5-4-6-10-17/h7,14-15H,4-6,8-12H2,1-3H3/q+1/t14-,15-/m1/s1. The molecule has 1 heterocycles. The maximum atomic E-state index is 2.60. The molecule has 4 rings (SSSR count). The molecule has 1 aliphatic heterocycles. The van der Waals surface area contributed by atoms with Gasteiger partial charge < -0.3 is 4.48 Å². The van der Waals surface area contributed by atoms with E-state index < -0.39 is 0 Å². The minimum absolute atomic E-state index is 0.610. The zero-order chi connectivity index (χ0) is 12.1. The Bertz CT molecular complexity index is 333. The highest BCUT2D eigenvalue weighted by atomic mass is 15.3. The van der Waals surface area contributed by atoms with Crippen LogP contribution in [0.25, 0.3) is 0 Å². The van der Waals surface area contributed by atoms with Crippen molar-refractivity contribution in [2.45, 2.75) is 46.0 Å². The summed E-state index contributed by atoms with van der Waals surface area (Å²) in [6.45, 7) is 9.16. The highest BCUT2D eigenvalue weighted by Gasteiger charge is 2.52. The van der Waals surface area contributed by atoms with E-state index in [9.17, 15) is 0 Å². The van der Waals surface area contributed by atoms with E-state index in [-0.39, 0.29) is 0 Å². The molecule has 96 valence electrons. The molecule has 0 amide bonds. The van der Waals surface area contributed by atoms with Gasteiger partial charge in [0, 0.05) is 0 Å². The first-order valence-corrected chi connectivity index (χ1v) is 7.54. The van der Waals surface area contributed by atoms with E-state index in [1.54, 1.807) is 0 Å². The van der Waals surface area contributed by atoms with Crippen molar-refractivity contribution < 1.29 is 4.48 Å². The van der Waals surface area contributed by atoms with Crippen LogP contribution in [-0.2, 0) is 0 Å². The van der Waals surface area contributed by atoms with E-state index in [4.69, 9.17) is 0 Å². The summed E-state index contributed by atoms with van der Waals surface area (Å²) >= 11 is 0. The van der Waals surface area contributed by atoms with Gasteiger partial charge in [0.05, 0.1) is 20.1 Å². The third kappa shape index (κ3) is 1.87. The molecule has 1 saturated carbocycles. The molecule has 4 aliphatic rings. The van der Waals surface area contributed by atoms with Crippen molar-refractivity contribution in [1.82, 2.24) is 0 Å². The van der Waals surface area contributed by atoms with Crippen LogP contribution in [0.3, 0.4) is 0 Å². The molecule has 0 unspecified atom stereocenters. The maximum Gasteiger partial charge on any atom is 0.100 e. The van der Waals surface area contributed by atoms with Crippen molar-refractivity contribution in [1.29, 1.82) is 0 Å². The van der Waals surface area contributed by atoms with Crippen LogP contribution in [0.4, 0.5) is 0 Å². The fourth-order valence-electron chi connectivity index (χ4n) is 4.53. The Morgan fingerprint density at radius 2 is 1.94 bits per heavy atom. The number of allylic oxidation sites excluding steroid dienone is 1. The second-order valence-corrected chi connectivity index (χ2v) is 7.61. The number of quaternary nitrogens is 1. The Morgan fingerprint density at radius 3 is 2.53 bits per heavy atom. The molecule has 0 aromatic rings. The van der Waals surface area contributed by atoms with Crippen molar-refractivity contribution in [3.05, 3.63) is 11.6 Å². The van der Waals surface area contributed by atoms with Crippen molar-refractivity contribution in [3.63, 3.8) is 0 Å². The summed E-state index contributed by atoms with van der Waals surface area (Å²) in [5, 5.41) is 0. The molecule has 1 nitrogen and oxygen atoms in total. The Hall–Kier alpha value is -0.300. The third-order valence-electron chi connectivity index (χ3n) is 6.04. The molecule has 0 spiro atoms. The van der Waals surface area contributed by atoms with Crippen molar-refractivity contribution in [2.24, 2.45) is 17.3 Å². The summed E-state index contributed by atoms with van der Waals surface area (Å²) in [4.78, 5) is 0. The lowest BCUT2D eigenvalue weighted by atomic mass is 9.49. The van der Waals surface area contributed by atoms with Crippen LogP contribution in [0.1, 0.15) is 46.0 Å². The van der Waals surface area contributed by atoms with Gasteiger partial charge in [-0.2, -0.15) is 0 Å². The van der Waals surface area contributed by atoms with Gasteiger partial charge in [0.25, 0.3) is 0 Å². The number of rotatable bonds is 2. The lowest BCUT2D eigenvalue weighted by Crippen LogP contribution is -2.54. The normalized spacial score (nSPS) is 38.2. The van der Waals surface area contributed by atoms with Gasteiger partial charge in [-0.1, -0.05) is 19.9 Å². The van der Waals surface area contributed by atoms with Gasteiger partial charge in [0.1, 0.15) is 6.54 Å². The van der Waals surface area contributed by atoms with Crippen molar-refractivity contribution in [2.75, 3.05) is 26.7 Å². The van der Waals surface area contributed by atoms with E-state index in [1.807, 2.05) is 5.57 Å². The lowest BCUT2D eigenvalue weighted by Gasteiger charge is -2.57. The van der Waals surface area contributed by atoms with Gasteiger partial charge in [-0.3, -0.25) is 0 Å². The number of fused-ring (bicyclic) bond motifs is 1. The molecule has 0 N–H and O–H groups in total. The molecule has 1 saturated heterocycles. The van der Waals surface area contributed by atoms with E-state index in [0.717, 1.165) is 11.8 Å². The number of hydrogen-bond donors (Lipinski definition) is 0. The Kier molecular flexibility index (Phi) is 2.66. The minimum atomic E-state index is 0.610. The number of likely N-dealkylation sites (N-methyl/N-ethyl adjacent to an activating group) is 1. The van der Waals surface area contributed by atoms with Gasteiger partial charge >= 0.3 is 0 Å². The summed E-state index contributed by atoms with van der Waals surface area (Å²) in [7, 11) is 2.48. The zero-order valence-electron chi connectivity index (χ0n) is 11.8. The molecule has 3 aliphatic carbocycles. The number of nitrogens with zero attached hydrogens (tertiary/aromatic N) is 1. The highest BCUT2D eigenvalue weighted by molar-refractivity contribution is 5.23. The topological polar surface area (TPSA) is 0 Å². The Balaban J connectivity index is 1.71. The van der Waals surface area contributed by atoms with Crippen LogP contribution in [0.2, 0.25) is 0 Å². The smallest absolute Gasteiger partial charge is 0.100 e. The third-order valence-corrected chi connectivity index (χ3v) is 6.04. The lowest BCUT2D eigenvalue weighted by molar-refractivity contribution is -0.910. The van der Waals surface area contributed by atoms with Crippen molar-refractivity contribution >= 4 is 0 Å². The van der Waals surface area contributed by atoms with E-state index in [1.165, 1.54) is 56.2 Å². The van der Waals surface area contributed by atoms with Crippen molar-refractivity contribution in [3.8, 4) is 0 Å². The van der Waals surface area contributed by atoms with Gasteiger partial charge in [0.15, 0.2) is 0 Å². The molecule has 2 bridgehead atoms. The van der Waals surface area contributed by atoms with E-state index >= 15 is 0 Å². The van der Waals surface area contributed by atoms with Crippen LogP contribution in [0, 0.1) is 17.3 Å². The zero-order valence-corrected chi connectivity index (χ0v) is 11.8. The van der Waals surface area contributed by atoms with Crippen LogP contribution in [-0.4, -0.2) is 31.2 Å². The first-order valence-electron chi connectivity index (χ1n) is 7.54. The van der Waals surface area contributed by atoms with Gasteiger partial charge in [-0.05, 0) is 54.9 Å². The summed E-state index contributed by atoms with van der Waals surface area (Å²) in [5.74, 6) is 1.90. The molecule has 0 aromatic heterocycles. The number of piperidine rings is 1. The fourth-order valence-corrected chi connectivity index (χ4v) is 4.53. The minimum Gasteiger partial charge on any atom is -0.323 e.